The van der Waals surface area contributed by atoms with Crippen LogP contribution in [-0.2, 0) is 6.18 Å². The maximum absolute atomic E-state index is 13.5. The van der Waals surface area contributed by atoms with Crippen molar-refractivity contribution in [2.24, 2.45) is 0 Å². The second kappa shape index (κ2) is 9.99. The van der Waals surface area contributed by atoms with Gasteiger partial charge < -0.3 is 10.1 Å². The molecule has 32 heavy (non-hydrogen) atoms. The highest BCUT2D eigenvalue weighted by molar-refractivity contribution is 7.80. The molecule has 2 heterocycles. The standard InChI is InChI=1S/C22H23F3N4O2S/c1-3-4-7-12-31-17-10-9-15(13-16(17)22(23,24)25)27-21(32)28-20(30)19-14(2)26-18-8-5-6-11-29(18)19/h5-6,8-11,13H,3-4,7,12H2,1-2H3,(H2,27,28,30,32). The molecule has 0 radical (unpaired) electrons. The van der Waals surface area contributed by atoms with Crippen molar-refractivity contribution in [1.29, 1.82) is 0 Å². The van der Waals surface area contributed by atoms with E-state index in [-0.39, 0.29) is 28.9 Å². The van der Waals surface area contributed by atoms with Crippen LogP contribution in [0.3, 0.4) is 0 Å². The van der Waals surface area contributed by atoms with E-state index >= 15 is 0 Å². The fourth-order valence-corrected chi connectivity index (χ4v) is 3.41. The maximum Gasteiger partial charge on any atom is 0.420 e. The Kier molecular flexibility index (Phi) is 7.34. The summed E-state index contributed by atoms with van der Waals surface area (Å²) >= 11 is 5.14. The molecular formula is C22H23F3N4O2S. The van der Waals surface area contributed by atoms with Crippen molar-refractivity contribution in [3.05, 3.63) is 59.5 Å². The number of aryl methyl sites for hydroxylation is 1. The summed E-state index contributed by atoms with van der Waals surface area (Å²) in [5, 5.41) is 4.99. The summed E-state index contributed by atoms with van der Waals surface area (Å²) < 4.78 is 47.5. The number of anilines is 1. The number of pyridine rings is 1. The van der Waals surface area contributed by atoms with Gasteiger partial charge in [0, 0.05) is 11.9 Å². The fraction of sp³-hybridized carbons (Fsp3) is 0.318. The van der Waals surface area contributed by atoms with Gasteiger partial charge in [-0.25, -0.2) is 4.98 Å². The molecule has 10 heteroatoms. The second-order valence-corrected chi connectivity index (χ2v) is 7.56. The number of hydrogen-bond donors (Lipinski definition) is 2. The predicted octanol–water partition coefficient (Wildman–Crippen LogP) is 5.36. The lowest BCUT2D eigenvalue weighted by Gasteiger charge is -2.16. The monoisotopic (exact) mass is 464 g/mol. The number of nitrogens with one attached hydrogen (secondary N) is 2. The Bertz CT molecular complexity index is 1130. The highest BCUT2D eigenvalue weighted by Gasteiger charge is 2.35. The summed E-state index contributed by atoms with van der Waals surface area (Å²) in [6.07, 6.45) is -0.421. The molecular weight excluding hydrogens is 441 g/mol. The minimum Gasteiger partial charge on any atom is -0.493 e. The van der Waals surface area contributed by atoms with Gasteiger partial charge in [0.15, 0.2) is 5.11 Å². The number of imidazole rings is 1. The lowest BCUT2D eigenvalue weighted by molar-refractivity contribution is -0.138. The Morgan fingerprint density at radius 3 is 2.72 bits per heavy atom. The molecule has 3 rings (SSSR count). The van der Waals surface area contributed by atoms with Crippen molar-refractivity contribution in [1.82, 2.24) is 14.7 Å². The number of ether oxygens (including phenoxy) is 1. The number of halogens is 3. The van der Waals surface area contributed by atoms with Gasteiger partial charge in [-0.15, -0.1) is 0 Å². The molecule has 0 aliphatic rings. The second-order valence-electron chi connectivity index (χ2n) is 7.15. The van der Waals surface area contributed by atoms with E-state index in [9.17, 15) is 18.0 Å². The van der Waals surface area contributed by atoms with Gasteiger partial charge in [0.25, 0.3) is 5.91 Å². The van der Waals surface area contributed by atoms with E-state index in [1.807, 2.05) is 6.92 Å². The number of nitrogens with zero attached hydrogens (tertiary/aromatic N) is 2. The van der Waals surface area contributed by atoms with E-state index in [2.05, 4.69) is 15.6 Å². The van der Waals surface area contributed by atoms with Crippen LogP contribution in [0.25, 0.3) is 5.65 Å². The highest BCUT2D eigenvalue weighted by atomic mass is 32.1. The Hall–Kier alpha value is -3.14. The van der Waals surface area contributed by atoms with Gasteiger partial charge in [0.2, 0.25) is 0 Å². The van der Waals surface area contributed by atoms with Gasteiger partial charge in [-0.05, 0) is 55.9 Å². The summed E-state index contributed by atoms with van der Waals surface area (Å²) in [5.41, 5.74) is 0.555. The molecule has 0 aliphatic carbocycles. The molecule has 2 aromatic heterocycles. The maximum atomic E-state index is 13.5. The number of unbranched alkanes of at least 4 members (excludes halogenated alkanes) is 2. The number of thiocarbonyl (C=S) groups is 1. The Balaban J connectivity index is 1.72. The van der Waals surface area contributed by atoms with Crippen molar-refractivity contribution in [2.45, 2.75) is 39.3 Å². The number of benzene rings is 1. The molecule has 0 saturated carbocycles. The zero-order chi connectivity index (χ0) is 23.3. The van der Waals surface area contributed by atoms with Crippen LogP contribution in [0.2, 0.25) is 0 Å². The first-order valence-corrected chi connectivity index (χ1v) is 10.5. The van der Waals surface area contributed by atoms with E-state index in [4.69, 9.17) is 17.0 Å². The average Bonchev–Trinajstić information content (AvgIpc) is 3.07. The van der Waals surface area contributed by atoms with Crippen molar-refractivity contribution in [3.8, 4) is 5.75 Å². The summed E-state index contributed by atoms with van der Waals surface area (Å²) in [5.74, 6) is -0.763. The van der Waals surface area contributed by atoms with Crippen LogP contribution in [0.4, 0.5) is 18.9 Å². The van der Waals surface area contributed by atoms with E-state index < -0.39 is 17.6 Å². The molecule has 170 valence electrons. The number of rotatable bonds is 7. The van der Waals surface area contributed by atoms with Crippen LogP contribution in [0.1, 0.15) is 47.9 Å². The van der Waals surface area contributed by atoms with E-state index in [1.165, 1.54) is 12.1 Å². The van der Waals surface area contributed by atoms with Crippen LogP contribution in [-0.4, -0.2) is 27.0 Å². The molecule has 1 aromatic carbocycles. The number of amides is 1. The summed E-state index contributed by atoms with van der Waals surface area (Å²) in [7, 11) is 0. The van der Waals surface area contributed by atoms with E-state index in [0.29, 0.717) is 17.8 Å². The van der Waals surface area contributed by atoms with Gasteiger partial charge in [0.1, 0.15) is 17.1 Å². The first-order chi connectivity index (χ1) is 15.2. The summed E-state index contributed by atoms with van der Waals surface area (Å²) in [4.78, 5) is 17.0. The average molecular weight is 465 g/mol. The minimum absolute atomic E-state index is 0.0818. The normalized spacial score (nSPS) is 11.4. The molecule has 0 bridgehead atoms. The first kappa shape index (κ1) is 23.5. The number of hydrogen-bond acceptors (Lipinski definition) is 4. The number of aromatic nitrogens is 2. The number of carbonyl (C=O) groups excluding carboxylic acids is 1. The third-order valence-electron chi connectivity index (χ3n) is 4.69. The Morgan fingerprint density at radius 1 is 1.22 bits per heavy atom. The molecule has 1 amide bonds. The Morgan fingerprint density at radius 2 is 2.00 bits per heavy atom. The van der Waals surface area contributed by atoms with Crippen molar-refractivity contribution >= 4 is 34.6 Å². The van der Waals surface area contributed by atoms with Crippen molar-refractivity contribution in [3.63, 3.8) is 0 Å². The highest BCUT2D eigenvalue weighted by Crippen LogP contribution is 2.38. The molecule has 0 spiro atoms. The van der Waals surface area contributed by atoms with Gasteiger partial charge in [-0.2, -0.15) is 13.2 Å². The topological polar surface area (TPSA) is 67.7 Å². The third kappa shape index (κ3) is 5.56. The molecule has 2 N–H and O–H groups in total. The fourth-order valence-electron chi connectivity index (χ4n) is 3.20. The van der Waals surface area contributed by atoms with Gasteiger partial charge in [-0.3, -0.25) is 14.5 Å². The molecule has 0 unspecified atom stereocenters. The van der Waals surface area contributed by atoms with Gasteiger partial charge in [0.05, 0.1) is 17.9 Å². The smallest absolute Gasteiger partial charge is 0.420 e. The van der Waals surface area contributed by atoms with Crippen LogP contribution >= 0.6 is 12.2 Å². The summed E-state index contributed by atoms with van der Waals surface area (Å²) in [6, 6.07) is 8.88. The quantitative estimate of drug-likeness (QED) is 0.364. The molecule has 0 saturated heterocycles. The zero-order valence-corrected chi connectivity index (χ0v) is 18.4. The third-order valence-corrected chi connectivity index (χ3v) is 4.90. The molecule has 0 aliphatic heterocycles. The first-order valence-electron chi connectivity index (χ1n) is 10.1. The van der Waals surface area contributed by atoms with Crippen LogP contribution in [0.5, 0.6) is 5.75 Å². The lowest BCUT2D eigenvalue weighted by Crippen LogP contribution is -2.35. The van der Waals surface area contributed by atoms with E-state index in [0.717, 1.165) is 18.9 Å². The number of fused-ring (bicyclic) bond motifs is 1. The molecule has 0 atom stereocenters. The van der Waals surface area contributed by atoms with Crippen LogP contribution in [0, 0.1) is 6.92 Å². The number of carbonyl (C=O) groups is 1. The van der Waals surface area contributed by atoms with Crippen molar-refractivity contribution in [2.75, 3.05) is 11.9 Å². The zero-order valence-electron chi connectivity index (χ0n) is 17.6. The van der Waals surface area contributed by atoms with E-state index in [1.54, 1.807) is 35.7 Å². The van der Waals surface area contributed by atoms with Crippen molar-refractivity contribution < 1.29 is 22.7 Å². The largest absolute Gasteiger partial charge is 0.493 e. The van der Waals surface area contributed by atoms with Crippen LogP contribution < -0.4 is 15.4 Å². The minimum atomic E-state index is -4.60. The SMILES string of the molecule is CCCCCOc1ccc(NC(=S)NC(=O)c2c(C)nc3ccccn23)cc1C(F)(F)F. The number of alkyl halides is 3. The molecule has 3 aromatic rings. The van der Waals surface area contributed by atoms with Crippen LogP contribution in [0.15, 0.2) is 42.6 Å². The molecule has 6 nitrogen and oxygen atoms in total. The van der Waals surface area contributed by atoms with Gasteiger partial charge in [-0.1, -0.05) is 25.8 Å². The summed E-state index contributed by atoms with van der Waals surface area (Å²) in [6.45, 7) is 3.89. The molecule has 0 fully saturated rings. The van der Waals surface area contributed by atoms with Gasteiger partial charge >= 0.3 is 6.18 Å². The predicted molar refractivity (Wildman–Crippen MR) is 120 cm³/mol. The Labute approximate surface area is 188 Å². The lowest BCUT2D eigenvalue weighted by atomic mass is 10.1.